The van der Waals surface area contributed by atoms with Crippen LogP contribution in [0, 0.1) is 0 Å². The molecule has 0 aliphatic carbocycles. The van der Waals surface area contributed by atoms with E-state index in [0.717, 1.165) is 4.88 Å². The number of allylic oxidation sites excluding steroid dienone is 2. The van der Waals surface area contributed by atoms with Gasteiger partial charge in [-0.1, -0.05) is 6.08 Å². The number of hydrogen-bond acceptors (Lipinski definition) is 4. The molecule has 62 valence electrons. The third-order valence-electron chi connectivity index (χ3n) is 1.73. The van der Waals surface area contributed by atoms with Crippen LogP contribution in [0.3, 0.4) is 0 Å². The largest absolute Gasteiger partial charge is 0.366 e. The molecule has 1 aromatic rings. The van der Waals surface area contributed by atoms with E-state index in [-0.39, 0.29) is 0 Å². The molecule has 1 unspecified atom stereocenters. The molecule has 0 saturated carbocycles. The van der Waals surface area contributed by atoms with Gasteiger partial charge in [-0.2, -0.15) is 0 Å². The van der Waals surface area contributed by atoms with Gasteiger partial charge in [0.15, 0.2) is 0 Å². The third kappa shape index (κ3) is 1.15. The zero-order valence-electron chi connectivity index (χ0n) is 6.40. The highest BCUT2D eigenvalue weighted by Gasteiger charge is 2.24. The highest BCUT2D eigenvalue weighted by atomic mass is 32.1. The Bertz CT molecular complexity index is 315. The summed E-state index contributed by atoms with van der Waals surface area (Å²) in [7, 11) is 0. The molecule has 12 heavy (non-hydrogen) atoms. The zero-order valence-corrected chi connectivity index (χ0v) is 7.21. The van der Waals surface area contributed by atoms with Gasteiger partial charge < -0.3 is 11.1 Å². The number of nitrogens with two attached hydrogens (primary N) is 1. The minimum atomic E-state index is -0.560. The molecular formula is C8H9N3S. The van der Waals surface area contributed by atoms with Gasteiger partial charge in [0.25, 0.3) is 0 Å². The molecule has 0 radical (unpaired) electrons. The number of thiazole rings is 1. The van der Waals surface area contributed by atoms with Crippen LogP contribution in [0.25, 0.3) is 0 Å². The van der Waals surface area contributed by atoms with Crippen LogP contribution in [-0.4, -0.2) is 4.98 Å². The minimum absolute atomic E-state index is 0.560. The molecule has 1 atom stereocenters. The molecule has 0 fully saturated rings. The third-order valence-corrected chi connectivity index (χ3v) is 2.65. The number of hydrogen-bond donors (Lipinski definition) is 2. The number of rotatable bonds is 1. The SMILES string of the molecule is NC1(c2cncs2)C=CC=CN1. The van der Waals surface area contributed by atoms with Crippen molar-refractivity contribution < 1.29 is 0 Å². The molecule has 4 heteroatoms. The van der Waals surface area contributed by atoms with Crippen LogP contribution in [0.15, 0.2) is 36.1 Å². The van der Waals surface area contributed by atoms with Crippen LogP contribution in [0.5, 0.6) is 0 Å². The van der Waals surface area contributed by atoms with Crippen LogP contribution < -0.4 is 11.1 Å². The second-order valence-corrected chi connectivity index (χ2v) is 3.48. The quantitative estimate of drug-likeness (QED) is 0.674. The Morgan fingerprint density at radius 2 is 2.42 bits per heavy atom. The van der Waals surface area contributed by atoms with Gasteiger partial charge in [-0.3, -0.25) is 4.98 Å². The molecule has 0 amide bonds. The van der Waals surface area contributed by atoms with Crippen molar-refractivity contribution >= 4 is 11.3 Å². The summed E-state index contributed by atoms with van der Waals surface area (Å²) in [6, 6.07) is 0. The van der Waals surface area contributed by atoms with E-state index in [2.05, 4.69) is 10.3 Å². The Hall–Kier alpha value is -1.13. The van der Waals surface area contributed by atoms with Gasteiger partial charge in [-0.05, 0) is 18.4 Å². The van der Waals surface area contributed by atoms with Gasteiger partial charge in [0.1, 0.15) is 5.66 Å². The summed E-state index contributed by atoms with van der Waals surface area (Å²) in [5, 5.41) is 3.08. The fraction of sp³-hybridized carbons (Fsp3) is 0.125. The molecule has 3 N–H and O–H groups in total. The van der Waals surface area contributed by atoms with Gasteiger partial charge in [-0.25, -0.2) is 0 Å². The fourth-order valence-corrected chi connectivity index (χ4v) is 1.75. The van der Waals surface area contributed by atoms with E-state index in [1.807, 2.05) is 24.4 Å². The minimum Gasteiger partial charge on any atom is -0.366 e. The first-order valence-corrected chi connectivity index (χ1v) is 4.49. The van der Waals surface area contributed by atoms with Crippen molar-refractivity contribution in [3.05, 3.63) is 41.0 Å². The highest BCUT2D eigenvalue weighted by molar-refractivity contribution is 7.09. The lowest BCUT2D eigenvalue weighted by atomic mass is 10.1. The van der Waals surface area contributed by atoms with Crippen LogP contribution >= 0.6 is 11.3 Å². The summed E-state index contributed by atoms with van der Waals surface area (Å²) in [6.07, 6.45) is 9.36. The van der Waals surface area contributed by atoms with E-state index in [4.69, 9.17) is 5.73 Å². The first-order chi connectivity index (χ1) is 5.81. The van der Waals surface area contributed by atoms with E-state index in [1.165, 1.54) is 0 Å². The van der Waals surface area contributed by atoms with Crippen LogP contribution in [0.4, 0.5) is 0 Å². The standard InChI is InChI=1S/C8H9N3S/c9-8(3-1-2-4-11-8)7-5-10-6-12-7/h1-6,11H,9H2. The molecule has 0 bridgehead atoms. The lowest BCUT2D eigenvalue weighted by molar-refractivity contribution is 0.503. The lowest BCUT2D eigenvalue weighted by Crippen LogP contribution is -2.46. The Kier molecular flexibility index (Phi) is 1.71. The van der Waals surface area contributed by atoms with E-state index >= 15 is 0 Å². The van der Waals surface area contributed by atoms with Gasteiger partial charge >= 0.3 is 0 Å². The maximum atomic E-state index is 6.05. The van der Waals surface area contributed by atoms with Gasteiger partial charge in [0, 0.05) is 6.20 Å². The summed E-state index contributed by atoms with van der Waals surface area (Å²) >= 11 is 1.54. The fourth-order valence-electron chi connectivity index (χ4n) is 1.07. The van der Waals surface area contributed by atoms with Crippen molar-refractivity contribution in [1.82, 2.24) is 10.3 Å². The molecule has 0 saturated heterocycles. The topological polar surface area (TPSA) is 50.9 Å². The zero-order chi connectivity index (χ0) is 8.44. The van der Waals surface area contributed by atoms with Gasteiger partial charge in [0.05, 0.1) is 10.4 Å². The summed E-state index contributed by atoms with van der Waals surface area (Å²) in [6.45, 7) is 0. The van der Waals surface area contributed by atoms with Gasteiger partial charge in [-0.15, -0.1) is 11.3 Å². The van der Waals surface area contributed by atoms with Crippen molar-refractivity contribution in [3.63, 3.8) is 0 Å². The molecule has 2 heterocycles. The molecule has 1 aliphatic heterocycles. The average molecular weight is 179 g/mol. The second-order valence-electron chi connectivity index (χ2n) is 2.60. The number of dihydropyridines is 1. The maximum Gasteiger partial charge on any atom is 0.142 e. The lowest BCUT2D eigenvalue weighted by Gasteiger charge is -2.26. The molecule has 2 rings (SSSR count). The first-order valence-electron chi connectivity index (χ1n) is 3.61. The molecule has 1 aliphatic rings. The van der Waals surface area contributed by atoms with Crippen molar-refractivity contribution in [2.75, 3.05) is 0 Å². The van der Waals surface area contributed by atoms with E-state index in [1.54, 1.807) is 23.0 Å². The summed E-state index contributed by atoms with van der Waals surface area (Å²) in [4.78, 5) is 5.00. The molecule has 0 spiro atoms. The summed E-state index contributed by atoms with van der Waals surface area (Å²) in [5.41, 5.74) is 7.26. The predicted molar refractivity (Wildman–Crippen MR) is 49.4 cm³/mol. The normalized spacial score (nSPS) is 27.1. The second kappa shape index (κ2) is 2.73. The van der Waals surface area contributed by atoms with E-state index < -0.39 is 5.66 Å². The van der Waals surface area contributed by atoms with Crippen molar-refractivity contribution in [2.45, 2.75) is 5.66 Å². The van der Waals surface area contributed by atoms with Crippen LogP contribution in [0.2, 0.25) is 0 Å². The number of nitrogens with zero attached hydrogens (tertiary/aromatic N) is 1. The molecule has 1 aromatic heterocycles. The summed E-state index contributed by atoms with van der Waals surface area (Å²) < 4.78 is 0. The van der Waals surface area contributed by atoms with E-state index in [0.29, 0.717) is 0 Å². The maximum absolute atomic E-state index is 6.05. The van der Waals surface area contributed by atoms with Crippen molar-refractivity contribution in [2.24, 2.45) is 5.73 Å². The molecule has 3 nitrogen and oxygen atoms in total. The Morgan fingerprint density at radius 1 is 1.50 bits per heavy atom. The number of aromatic nitrogens is 1. The van der Waals surface area contributed by atoms with Gasteiger partial charge in [0.2, 0.25) is 0 Å². The monoisotopic (exact) mass is 179 g/mol. The Labute approximate surface area is 74.6 Å². The Morgan fingerprint density at radius 3 is 3.00 bits per heavy atom. The molecular weight excluding hydrogens is 170 g/mol. The highest BCUT2D eigenvalue weighted by Crippen LogP contribution is 2.22. The number of nitrogens with one attached hydrogen (secondary N) is 1. The summed E-state index contributed by atoms with van der Waals surface area (Å²) in [5.74, 6) is 0. The average Bonchev–Trinajstić information content (AvgIpc) is 2.58. The predicted octanol–water partition coefficient (Wildman–Crippen LogP) is 0.928. The van der Waals surface area contributed by atoms with Crippen molar-refractivity contribution in [1.29, 1.82) is 0 Å². The van der Waals surface area contributed by atoms with Crippen LogP contribution in [-0.2, 0) is 5.66 Å². The molecule has 0 aromatic carbocycles. The van der Waals surface area contributed by atoms with Crippen molar-refractivity contribution in [3.8, 4) is 0 Å². The van der Waals surface area contributed by atoms with E-state index in [9.17, 15) is 0 Å². The smallest absolute Gasteiger partial charge is 0.142 e. The van der Waals surface area contributed by atoms with Crippen LogP contribution in [0.1, 0.15) is 4.88 Å². The Balaban J connectivity index is 2.34. The first kappa shape index (κ1) is 7.52.